The molecule has 2 heterocycles. The Hall–Kier alpha value is -3.09. The van der Waals surface area contributed by atoms with E-state index in [0.29, 0.717) is 5.02 Å². The average molecular weight is 561 g/mol. The lowest BCUT2D eigenvalue weighted by Gasteiger charge is -2.17. The Morgan fingerprint density at radius 2 is 1.72 bits per heavy atom. The number of carbonyl (C=O) groups is 1. The van der Waals surface area contributed by atoms with Crippen molar-refractivity contribution in [2.75, 3.05) is 5.75 Å². The summed E-state index contributed by atoms with van der Waals surface area (Å²) in [5.41, 5.74) is -4.27. The van der Waals surface area contributed by atoms with Crippen LogP contribution in [-0.2, 0) is 24.6 Å². The number of alkyl halides is 3. The van der Waals surface area contributed by atoms with E-state index in [1.54, 1.807) is 24.3 Å². The third-order valence-corrected chi connectivity index (χ3v) is 6.71. The highest BCUT2D eigenvalue weighted by atomic mass is 35.5. The molecule has 0 N–H and O–H groups in total. The van der Waals surface area contributed by atoms with Gasteiger partial charge in [0.2, 0.25) is 5.91 Å². The molecular formula is C22H14Cl2F4N4O3S. The molecule has 0 radical (unpaired) electrons. The molecule has 0 aliphatic carbocycles. The van der Waals surface area contributed by atoms with E-state index < -0.39 is 34.6 Å². The van der Waals surface area contributed by atoms with Crippen LogP contribution in [0.4, 0.5) is 23.2 Å². The van der Waals surface area contributed by atoms with Crippen LogP contribution < -0.4 is 11.2 Å². The van der Waals surface area contributed by atoms with E-state index in [1.807, 2.05) is 0 Å². The highest BCUT2D eigenvalue weighted by molar-refractivity contribution is 8.15. The van der Waals surface area contributed by atoms with Gasteiger partial charge < -0.3 is 0 Å². The highest BCUT2D eigenvalue weighted by Crippen LogP contribution is 2.33. The smallest absolute Gasteiger partial charge is 0.292 e. The van der Waals surface area contributed by atoms with Crippen molar-refractivity contribution in [1.82, 2.24) is 14.0 Å². The first kappa shape index (κ1) is 26.0. The number of aromatic nitrogens is 2. The van der Waals surface area contributed by atoms with Gasteiger partial charge in [-0.05, 0) is 29.8 Å². The largest absolute Gasteiger partial charge is 0.431 e. The molecule has 188 valence electrons. The van der Waals surface area contributed by atoms with E-state index >= 15 is 0 Å². The number of hydrogen-bond acceptors (Lipinski definition) is 5. The number of carbonyl (C=O) groups excluding carboxylic acids is 1. The molecule has 2 aromatic carbocycles. The van der Waals surface area contributed by atoms with E-state index in [2.05, 4.69) is 4.99 Å². The summed E-state index contributed by atoms with van der Waals surface area (Å²) in [6, 6.07) is 8.72. The van der Waals surface area contributed by atoms with Crippen molar-refractivity contribution in [2.24, 2.45) is 12.0 Å². The molecule has 1 fully saturated rings. The van der Waals surface area contributed by atoms with Gasteiger partial charge in [0.25, 0.3) is 5.56 Å². The number of aliphatic imine (C=N–C) groups is 1. The minimum atomic E-state index is -4.97. The fraction of sp³-hybridized carbons (Fsp3) is 0.182. The molecule has 3 aromatic rings. The number of halogens is 6. The van der Waals surface area contributed by atoms with Gasteiger partial charge in [0.15, 0.2) is 5.17 Å². The number of hydrogen-bond donors (Lipinski definition) is 0. The Morgan fingerprint density at radius 1 is 1.06 bits per heavy atom. The van der Waals surface area contributed by atoms with E-state index in [-0.39, 0.29) is 49.3 Å². The van der Waals surface area contributed by atoms with Crippen molar-refractivity contribution in [2.45, 2.75) is 12.7 Å². The summed E-state index contributed by atoms with van der Waals surface area (Å²) in [5.74, 6) is -1.30. The zero-order valence-corrected chi connectivity index (χ0v) is 20.5. The maximum absolute atomic E-state index is 14.8. The van der Waals surface area contributed by atoms with E-state index in [0.717, 1.165) is 36.5 Å². The standard InChI is InChI=1S/C22H14Cl2F4N4O3S/c1-30-17(22(26,27)28)8-18(33)32(21(30)35)16-7-15(13(24)6-14(16)25)29-20-31(19(34)10-36-20)9-11-2-4-12(23)5-3-11/h2-8H,9-10H2,1H3. The molecule has 1 saturated heterocycles. The summed E-state index contributed by atoms with van der Waals surface area (Å²) < 4.78 is 54.7. The van der Waals surface area contributed by atoms with Gasteiger partial charge in [0, 0.05) is 18.1 Å². The minimum absolute atomic E-state index is 0.0804. The molecule has 7 nitrogen and oxygen atoms in total. The second kappa shape index (κ2) is 9.75. The number of nitrogens with zero attached hydrogens (tertiary/aromatic N) is 4. The Labute approximate surface area is 214 Å². The summed E-state index contributed by atoms with van der Waals surface area (Å²) in [7, 11) is 0.811. The van der Waals surface area contributed by atoms with Gasteiger partial charge in [0.1, 0.15) is 11.5 Å². The molecule has 4 rings (SSSR count). The van der Waals surface area contributed by atoms with Crippen LogP contribution >= 0.6 is 35.0 Å². The first-order valence-corrected chi connectivity index (χ1v) is 11.8. The Bertz CT molecular complexity index is 1520. The van der Waals surface area contributed by atoms with Crippen LogP contribution in [0.1, 0.15) is 11.3 Å². The second-order valence-corrected chi connectivity index (χ2v) is 9.37. The van der Waals surface area contributed by atoms with Crippen LogP contribution in [0, 0.1) is 5.82 Å². The molecule has 1 aliphatic heterocycles. The number of benzene rings is 2. The predicted molar refractivity (Wildman–Crippen MR) is 129 cm³/mol. The van der Waals surface area contributed by atoms with Crippen molar-refractivity contribution in [3.8, 4) is 5.69 Å². The lowest BCUT2D eigenvalue weighted by atomic mass is 10.2. The molecule has 1 amide bonds. The fourth-order valence-electron chi connectivity index (χ4n) is 3.42. The van der Waals surface area contributed by atoms with Gasteiger partial charge in [-0.25, -0.2) is 18.7 Å². The maximum Gasteiger partial charge on any atom is 0.431 e. The maximum atomic E-state index is 14.8. The summed E-state index contributed by atoms with van der Waals surface area (Å²) in [6.45, 7) is 0.159. The Kier molecular flexibility index (Phi) is 7.04. The van der Waals surface area contributed by atoms with Crippen LogP contribution in [0.3, 0.4) is 0 Å². The summed E-state index contributed by atoms with van der Waals surface area (Å²) in [5, 5.41) is 0.541. The Morgan fingerprint density at radius 3 is 2.36 bits per heavy atom. The van der Waals surface area contributed by atoms with E-state index in [1.165, 1.54) is 4.90 Å². The topological polar surface area (TPSA) is 76.7 Å². The van der Waals surface area contributed by atoms with Crippen LogP contribution in [0.5, 0.6) is 0 Å². The van der Waals surface area contributed by atoms with Gasteiger partial charge in [-0.3, -0.25) is 19.1 Å². The Balaban J connectivity index is 1.79. The molecular weight excluding hydrogens is 547 g/mol. The lowest BCUT2D eigenvalue weighted by molar-refractivity contribution is -0.144. The molecule has 0 saturated carbocycles. The quantitative estimate of drug-likeness (QED) is 0.431. The van der Waals surface area contributed by atoms with Gasteiger partial charge >= 0.3 is 11.9 Å². The monoisotopic (exact) mass is 560 g/mol. The second-order valence-electron chi connectivity index (χ2n) is 7.59. The molecule has 14 heteroatoms. The molecule has 36 heavy (non-hydrogen) atoms. The van der Waals surface area contributed by atoms with Crippen LogP contribution in [-0.4, -0.2) is 30.9 Å². The van der Waals surface area contributed by atoms with E-state index in [9.17, 15) is 31.9 Å². The van der Waals surface area contributed by atoms with Crippen LogP contribution in [0.25, 0.3) is 5.69 Å². The van der Waals surface area contributed by atoms with Gasteiger partial charge in [0.05, 0.1) is 28.7 Å². The van der Waals surface area contributed by atoms with Crippen LogP contribution in [0.15, 0.2) is 57.0 Å². The molecule has 0 bridgehead atoms. The molecule has 1 aliphatic rings. The summed E-state index contributed by atoms with van der Waals surface area (Å²) >= 11 is 13.1. The normalized spacial score (nSPS) is 15.2. The van der Waals surface area contributed by atoms with Gasteiger partial charge in [-0.15, -0.1) is 0 Å². The fourth-order valence-corrected chi connectivity index (χ4v) is 4.63. The van der Waals surface area contributed by atoms with Crippen LogP contribution in [0.2, 0.25) is 10.0 Å². The van der Waals surface area contributed by atoms with E-state index in [4.69, 9.17) is 23.2 Å². The molecule has 0 spiro atoms. The predicted octanol–water partition coefficient (Wildman–Crippen LogP) is 4.76. The van der Waals surface area contributed by atoms with Gasteiger partial charge in [-0.2, -0.15) is 13.2 Å². The molecule has 0 atom stereocenters. The van der Waals surface area contributed by atoms with Crippen molar-refractivity contribution in [1.29, 1.82) is 0 Å². The summed E-state index contributed by atoms with van der Waals surface area (Å²) in [6.07, 6.45) is -4.97. The number of amides is 1. The summed E-state index contributed by atoms with van der Waals surface area (Å²) in [4.78, 5) is 43.2. The van der Waals surface area contributed by atoms with Crippen molar-refractivity contribution in [3.05, 3.63) is 90.4 Å². The number of rotatable bonds is 4. The van der Waals surface area contributed by atoms with Crippen molar-refractivity contribution < 1.29 is 22.4 Å². The first-order valence-electron chi connectivity index (χ1n) is 10.0. The minimum Gasteiger partial charge on any atom is -0.292 e. The number of thioether (sulfide) groups is 1. The molecule has 0 unspecified atom stereocenters. The zero-order valence-electron chi connectivity index (χ0n) is 18.1. The SMILES string of the molecule is Cn1c(C(F)(F)F)cc(=O)n(-c2cc(N=C3SCC(=O)N3Cc3ccc(Cl)cc3)c(Cl)cc2F)c1=O. The average Bonchev–Trinajstić information content (AvgIpc) is 3.13. The molecule has 1 aromatic heterocycles. The third-order valence-electron chi connectivity index (χ3n) is 5.19. The first-order chi connectivity index (χ1) is 16.9. The number of amidine groups is 1. The third kappa shape index (κ3) is 5.06. The highest BCUT2D eigenvalue weighted by Gasteiger charge is 2.35. The lowest BCUT2D eigenvalue weighted by Crippen LogP contribution is -2.41. The van der Waals surface area contributed by atoms with Crippen molar-refractivity contribution >= 4 is 51.7 Å². The van der Waals surface area contributed by atoms with Crippen molar-refractivity contribution in [3.63, 3.8) is 0 Å². The zero-order chi connectivity index (χ0) is 26.4. The van der Waals surface area contributed by atoms with Gasteiger partial charge in [-0.1, -0.05) is 47.1 Å².